The summed E-state index contributed by atoms with van der Waals surface area (Å²) in [4.78, 5) is 0. The second-order valence-corrected chi connectivity index (χ2v) is 3.59. The average molecular weight is 250 g/mol. The highest BCUT2D eigenvalue weighted by Crippen LogP contribution is 2.13. The molecule has 0 spiro atoms. The third-order valence-electron chi connectivity index (χ3n) is 2.01. The average Bonchev–Trinajstić information content (AvgIpc) is 2.26. The molecule has 0 saturated carbocycles. The van der Waals surface area contributed by atoms with Gasteiger partial charge in [-0.3, -0.25) is 0 Å². The van der Waals surface area contributed by atoms with Gasteiger partial charge in [-0.2, -0.15) is 5.26 Å². The van der Waals surface area contributed by atoms with Crippen molar-refractivity contribution in [3.63, 3.8) is 0 Å². The first-order valence-electron chi connectivity index (χ1n) is 4.55. The van der Waals surface area contributed by atoms with Crippen LogP contribution in [0.4, 0.5) is 0 Å². The van der Waals surface area contributed by atoms with Gasteiger partial charge < -0.3 is 0 Å². The lowest BCUT2D eigenvalue weighted by molar-refractivity contribution is 1.12. The summed E-state index contributed by atoms with van der Waals surface area (Å²) in [5, 5.41) is 9.62. The highest BCUT2D eigenvalue weighted by molar-refractivity contribution is 9.09. The molecule has 1 nitrogen and oxygen atoms in total. The number of hydrogen-bond acceptors (Lipinski definition) is 1. The first kappa shape index (κ1) is 11.0. The van der Waals surface area contributed by atoms with Gasteiger partial charge in [-0.25, -0.2) is 0 Å². The summed E-state index contributed by atoms with van der Waals surface area (Å²) < 4.78 is 0. The Bertz CT molecular complexity index is 368. The highest BCUT2D eigenvalue weighted by atomic mass is 79.9. The highest BCUT2D eigenvalue weighted by Gasteiger charge is 1.94. The molecule has 0 bridgehead atoms. The predicted molar refractivity (Wildman–Crippen MR) is 63.2 cm³/mol. The van der Waals surface area contributed by atoms with Gasteiger partial charge in [0.05, 0.1) is 11.6 Å². The van der Waals surface area contributed by atoms with E-state index >= 15 is 0 Å². The van der Waals surface area contributed by atoms with Crippen molar-refractivity contribution in [2.45, 2.75) is 13.3 Å². The van der Waals surface area contributed by atoms with Crippen molar-refractivity contribution in [1.29, 1.82) is 5.26 Å². The summed E-state index contributed by atoms with van der Waals surface area (Å²) in [6.07, 6.45) is 3.15. The Kier molecular flexibility index (Phi) is 4.42. The van der Waals surface area contributed by atoms with Crippen molar-refractivity contribution in [2.24, 2.45) is 0 Å². The molecule has 72 valence electrons. The molecule has 0 N–H and O–H groups in total. The number of halogens is 1. The summed E-state index contributed by atoms with van der Waals surface area (Å²) in [6, 6.07) is 9.78. The number of hydrogen-bond donors (Lipinski definition) is 0. The molecule has 0 aromatic heterocycles. The monoisotopic (exact) mass is 249 g/mol. The standard InChI is InChI=1S/C12H12BrN/c1-2-10(8-13)6-11-4-3-5-12(7-11)9-14/h3-7H,2,8H2,1H3/b10-6-. The van der Waals surface area contributed by atoms with Crippen molar-refractivity contribution >= 4 is 22.0 Å². The van der Waals surface area contributed by atoms with E-state index in [4.69, 9.17) is 5.26 Å². The van der Waals surface area contributed by atoms with Crippen LogP contribution in [0, 0.1) is 11.3 Å². The van der Waals surface area contributed by atoms with Crippen molar-refractivity contribution < 1.29 is 0 Å². The number of nitriles is 1. The minimum Gasteiger partial charge on any atom is -0.192 e. The molecule has 14 heavy (non-hydrogen) atoms. The summed E-state index contributed by atoms with van der Waals surface area (Å²) in [5.41, 5.74) is 3.14. The van der Waals surface area contributed by atoms with E-state index in [-0.39, 0.29) is 0 Å². The minimum atomic E-state index is 0.712. The molecule has 1 rings (SSSR count). The fourth-order valence-corrected chi connectivity index (χ4v) is 1.73. The summed E-state index contributed by atoms with van der Waals surface area (Å²) in [7, 11) is 0. The van der Waals surface area contributed by atoms with E-state index in [1.807, 2.05) is 24.3 Å². The summed E-state index contributed by atoms with van der Waals surface area (Å²) in [5.74, 6) is 0. The van der Waals surface area contributed by atoms with Crippen LogP contribution in [0.2, 0.25) is 0 Å². The smallest absolute Gasteiger partial charge is 0.0991 e. The maximum absolute atomic E-state index is 8.73. The van der Waals surface area contributed by atoms with Gasteiger partial charge in [0, 0.05) is 5.33 Å². The molecule has 2 heteroatoms. The van der Waals surface area contributed by atoms with Crippen molar-refractivity contribution in [2.75, 3.05) is 5.33 Å². The van der Waals surface area contributed by atoms with Crippen LogP contribution in [-0.2, 0) is 0 Å². The van der Waals surface area contributed by atoms with E-state index < -0.39 is 0 Å². The molecule has 0 heterocycles. The molecule has 0 aliphatic heterocycles. The molecule has 0 saturated heterocycles. The predicted octanol–water partition coefficient (Wildman–Crippen LogP) is 3.75. The topological polar surface area (TPSA) is 23.8 Å². The van der Waals surface area contributed by atoms with Gasteiger partial charge in [0.25, 0.3) is 0 Å². The summed E-state index contributed by atoms with van der Waals surface area (Å²) in [6.45, 7) is 2.13. The van der Waals surface area contributed by atoms with Crippen molar-refractivity contribution in [3.8, 4) is 6.07 Å². The van der Waals surface area contributed by atoms with E-state index in [0.717, 1.165) is 17.3 Å². The third-order valence-corrected chi connectivity index (χ3v) is 2.73. The number of benzene rings is 1. The number of alkyl halides is 1. The fraction of sp³-hybridized carbons (Fsp3) is 0.250. The van der Waals surface area contributed by atoms with Gasteiger partial charge >= 0.3 is 0 Å². The lowest BCUT2D eigenvalue weighted by Crippen LogP contribution is -1.83. The number of rotatable bonds is 3. The van der Waals surface area contributed by atoms with E-state index in [2.05, 4.69) is 35.0 Å². The van der Waals surface area contributed by atoms with Gasteiger partial charge in [-0.15, -0.1) is 0 Å². The zero-order valence-corrected chi connectivity index (χ0v) is 9.71. The fourth-order valence-electron chi connectivity index (χ4n) is 1.17. The molecule has 0 aliphatic carbocycles. The second-order valence-electron chi connectivity index (χ2n) is 3.03. The molecule has 0 aliphatic rings. The van der Waals surface area contributed by atoms with E-state index in [9.17, 15) is 0 Å². The lowest BCUT2D eigenvalue weighted by atomic mass is 10.1. The molecule has 1 aromatic carbocycles. The maximum atomic E-state index is 8.73. The van der Waals surface area contributed by atoms with Crippen LogP contribution < -0.4 is 0 Å². The molecule has 1 aromatic rings. The van der Waals surface area contributed by atoms with Crippen molar-refractivity contribution in [1.82, 2.24) is 0 Å². The van der Waals surface area contributed by atoms with Crippen LogP contribution in [0.3, 0.4) is 0 Å². The van der Waals surface area contributed by atoms with Crippen LogP contribution in [0.5, 0.6) is 0 Å². The lowest BCUT2D eigenvalue weighted by Gasteiger charge is -1.99. The van der Waals surface area contributed by atoms with Gasteiger partial charge in [0.1, 0.15) is 0 Å². The Morgan fingerprint density at radius 2 is 2.36 bits per heavy atom. The van der Waals surface area contributed by atoms with Crippen molar-refractivity contribution in [3.05, 3.63) is 41.0 Å². The van der Waals surface area contributed by atoms with Crippen LogP contribution in [0.25, 0.3) is 6.08 Å². The largest absolute Gasteiger partial charge is 0.192 e. The molecule has 0 amide bonds. The Hall–Kier alpha value is -1.07. The molecular formula is C12H12BrN. The van der Waals surface area contributed by atoms with Gasteiger partial charge in [-0.1, -0.05) is 46.6 Å². The zero-order chi connectivity index (χ0) is 10.4. The first-order chi connectivity index (χ1) is 6.80. The normalized spacial score (nSPS) is 11.1. The number of nitrogens with zero attached hydrogens (tertiary/aromatic N) is 1. The Balaban J connectivity index is 2.97. The van der Waals surface area contributed by atoms with Crippen LogP contribution >= 0.6 is 15.9 Å². The Morgan fingerprint density at radius 1 is 1.57 bits per heavy atom. The van der Waals surface area contributed by atoms with Crippen LogP contribution in [0.1, 0.15) is 24.5 Å². The van der Waals surface area contributed by atoms with Gasteiger partial charge in [-0.05, 0) is 24.1 Å². The molecule has 0 radical (unpaired) electrons. The molecular weight excluding hydrogens is 238 g/mol. The van der Waals surface area contributed by atoms with Gasteiger partial charge in [0.2, 0.25) is 0 Å². The molecule has 0 atom stereocenters. The third kappa shape index (κ3) is 3.01. The van der Waals surface area contributed by atoms with Crippen LogP contribution in [-0.4, -0.2) is 5.33 Å². The van der Waals surface area contributed by atoms with E-state index in [1.165, 1.54) is 5.57 Å². The maximum Gasteiger partial charge on any atom is 0.0991 e. The molecule has 0 fully saturated rings. The second kappa shape index (κ2) is 5.62. The number of allylic oxidation sites excluding steroid dienone is 1. The Morgan fingerprint density at radius 3 is 2.93 bits per heavy atom. The van der Waals surface area contributed by atoms with E-state index in [0.29, 0.717) is 5.56 Å². The molecule has 0 unspecified atom stereocenters. The zero-order valence-electron chi connectivity index (χ0n) is 8.13. The minimum absolute atomic E-state index is 0.712. The first-order valence-corrected chi connectivity index (χ1v) is 5.68. The Labute approximate surface area is 93.2 Å². The van der Waals surface area contributed by atoms with E-state index in [1.54, 1.807) is 0 Å². The van der Waals surface area contributed by atoms with Gasteiger partial charge in [0.15, 0.2) is 0 Å². The van der Waals surface area contributed by atoms with Crippen LogP contribution in [0.15, 0.2) is 29.8 Å². The quantitative estimate of drug-likeness (QED) is 0.749. The SMILES string of the molecule is CC/C(=C/c1cccc(C#N)c1)CBr. The summed E-state index contributed by atoms with van der Waals surface area (Å²) >= 11 is 3.44.